The molecule has 0 aromatic heterocycles. The zero-order chi connectivity index (χ0) is 45.0. The number of fused-ring (bicyclic) bond motifs is 3. The van der Waals surface area contributed by atoms with Crippen molar-refractivity contribution >= 4 is 23.3 Å². The Hall–Kier alpha value is -6.76. The molecule has 0 unspecified atom stereocenters. The average Bonchev–Trinajstić information content (AvgIpc) is 3.65. The van der Waals surface area contributed by atoms with Crippen LogP contribution in [0.2, 0.25) is 0 Å². The minimum Gasteiger partial charge on any atom is -0.0654 e. The van der Waals surface area contributed by atoms with Crippen LogP contribution in [0.25, 0.3) is 56.7 Å². The lowest BCUT2D eigenvalue weighted by Crippen LogP contribution is -2.25. The van der Waals surface area contributed by atoms with Gasteiger partial charge in [0, 0.05) is 5.41 Å². The lowest BCUT2D eigenvalue weighted by atomic mass is 9.70. The van der Waals surface area contributed by atoms with E-state index in [4.69, 9.17) is 0 Å². The number of hydrogen-bond acceptors (Lipinski definition) is 0. The Labute approximate surface area is 395 Å². The topological polar surface area (TPSA) is 0 Å². The summed E-state index contributed by atoms with van der Waals surface area (Å²) in [7, 11) is 0. The van der Waals surface area contributed by atoms with Gasteiger partial charge in [0.05, 0.1) is 0 Å². The third-order valence-corrected chi connectivity index (χ3v) is 14.0. The van der Waals surface area contributed by atoms with E-state index in [9.17, 15) is 0 Å². The summed E-state index contributed by atoms with van der Waals surface area (Å²) in [4.78, 5) is 0. The summed E-state index contributed by atoms with van der Waals surface area (Å²) in [6.07, 6.45) is 18.6. The first-order valence-electron chi connectivity index (χ1n) is 24.8. The van der Waals surface area contributed by atoms with Gasteiger partial charge in [-0.3, -0.25) is 0 Å². The van der Waals surface area contributed by atoms with Gasteiger partial charge in [0.2, 0.25) is 0 Å². The Balaban J connectivity index is 1.07. The molecule has 1 aliphatic rings. The smallest absolute Gasteiger partial charge is 0.0215 e. The Morgan fingerprint density at radius 2 is 0.652 bits per heavy atom. The number of unbranched alkanes of at least 4 members (excludes halogenated alkanes) is 7. The van der Waals surface area contributed by atoms with Crippen molar-refractivity contribution in [1.82, 2.24) is 0 Å². The van der Waals surface area contributed by atoms with E-state index in [0.717, 1.165) is 0 Å². The fraction of sp³-hybridized carbons (Fsp3) is 0.212. The molecule has 0 bridgehead atoms. The molecule has 8 aromatic rings. The van der Waals surface area contributed by atoms with Crippen molar-refractivity contribution < 1.29 is 0 Å². The summed E-state index contributed by atoms with van der Waals surface area (Å²) in [5.41, 5.74) is 20.8. The largest absolute Gasteiger partial charge is 0.0654 e. The third-order valence-electron chi connectivity index (χ3n) is 14.0. The number of benzene rings is 8. The van der Waals surface area contributed by atoms with E-state index < -0.39 is 0 Å². The van der Waals surface area contributed by atoms with E-state index in [1.54, 1.807) is 0 Å². The lowest BCUT2D eigenvalue weighted by Gasteiger charge is -2.33. The Kier molecular flexibility index (Phi) is 14.5. The number of rotatable bonds is 19. The van der Waals surface area contributed by atoms with Crippen LogP contribution < -0.4 is 0 Å². The van der Waals surface area contributed by atoms with Gasteiger partial charge in [0.15, 0.2) is 0 Å². The number of hydrogen-bond donors (Lipinski definition) is 0. The van der Waals surface area contributed by atoms with Crippen LogP contribution >= 0.6 is 0 Å². The summed E-state index contributed by atoms with van der Waals surface area (Å²) in [6, 6.07) is 76.4. The fourth-order valence-corrected chi connectivity index (χ4v) is 10.4. The highest BCUT2D eigenvalue weighted by Gasteiger charge is 2.42. The third kappa shape index (κ3) is 10.0. The van der Waals surface area contributed by atoms with E-state index in [-0.39, 0.29) is 5.41 Å². The van der Waals surface area contributed by atoms with Crippen molar-refractivity contribution in [3.8, 4) is 33.4 Å². The zero-order valence-electron chi connectivity index (χ0n) is 39.1. The molecule has 9 rings (SSSR count). The molecule has 0 heterocycles. The summed E-state index contributed by atoms with van der Waals surface area (Å²) in [5.74, 6) is 0. The molecule has 328 valence electrons. The normalized spacial score (nSPS) is 12.3. The standard InChI is InChI=1S/C66H64/c1-3-5-7-9-23-45-66(44-22-8-6-4-2)64-48-58(52-36-32-50(33-37-52)46-62(54-24-14-10-15-25-54)55-26-16-11-17-27-55)40-42-60(64)61-43-41-59(49-65(61)66)53-38-34-51(35-39-53)47-63(56-28-18-12-19-29-56)57-30-20-13-21-31-57/h10-21,24-43,46-49H,3-9,22-23,44-45H2,1-2H3. The Morgan fingerprint density at radius 3 is 1.00 bits per heavy atom. The maximum absolute atomic E-state index is 2.59. The maximum Gasteiger partial charge on any atom is 0.0215 e. The van der Waals surface area contributed by atoms with E-state index in [1.165, 1.54) is 160 Å². The molecule has 8 aromatic carbocycles. The first-order valence-corrected chi connectivity index (χ1v) is 24.8. The van der Waals surface area contributed by atoms with E-state index >= 15 is 0 Å². The highest BCUT2D eigenvalue weighted by atomic mass is 14.5. The monoisotopic (exact) mass is 857 g/mol. The van der Waals surface area contributed by atoms with Gasteiger partial charge in [-0.15, -0.1) is 0 Å². The molecule has 0 amide bonds. The van der Waals surface area contributed by atoms with Crippen LogP contribution in [0.4, 0.5) is 0 Å². The van der Waals surface area contributed by atoms with Crippen LogP contribution in [0.1, 0.15) is 129 Å². The summed E-state index contributed by atoms with van der Waals surface area (Å²) in [6.45, 7) is 4.66. The molecule has 1 aliphatic carbocycles. The highest BCUT2D eigenvalue weighted by Crippen LogP contribution is 2.56. The minimum absolute atomic E-state index is 0.0253. The highest BCUT2D eigenvalue weighted by molar-refractivity contribution is 5.93. The molecule has 0 nitrogen and oxygen atoms in total. The quantitative estimate of drug-likeness (QED) is 0.0561. The molecule has 0 heteroatoms. The van der Waals surface area contributed by atoms with E-state index in [1.807, 2.05) is 0 Å². The van der Waals surface area contributed by atoms with Gasteiger partial charge >= 0.3 is 0 Å². The van der Waals surface area contributed by atoms with Gasteiger partial charge in [0.1, 0.15) is 0 Å². The molecule has 0 saturated heterocycles. The summed E-state index contributed by atoms with van der Waals surface area (Å²) in [5, 5.41) is 0. The summed E-state index contributed by atoms with van der Waals surface area (Å²) >= 11 is 0. The van der Waals surface area contributed by atoms with Crippen molar-refractivity contribution in [1.29, 1.82) is 0 Å². The lowest BCUT2D eigenvalue weighted by molar-refractivity contribution is 0.400. The van der Waals surface area contributed by atoms with Gasteiger partial charge in [-0.2, -0.15) is 0 Å². The first kappa shape index (κ1) is 44.4. The van der Waals surface area contributed by atoms with Crippen LogP contribution in [-0.4, -0.2) is 0 Å². The molecule has 0 spiro atoms. The van der Waals surface area contributed by atoms with Crippen molar-refractivity contribution in [3.05, 3.63) is 251 Å². The molecule has 0 atom stereocenters. The van der Waals surface area contributed by atoms with Crippen molar-refractivity contribution in [2.45, 2.75) is 89.9 Å². The van der Waals surface area contributed by atoms with Crippen LogP contribution in [0.3, 0.4) is 0 Å². The zero-order valence-corrected chi connectivity index (χ0v) is 39.1. The van der Waals surface area contributed by atoms with Crippen molar-refractivity contribution in [3.63, 3.8) is 0 Å². The maximum atomic E-state index is 2.59. The molecular weight excluding hydrogens is 793 g/mol. The molecule has 0 fully saturated rings. The van der Waals surface area contributed by atoms with Crippen molar-refractivity contribution in [2.24, 2.45) is 0 Å². The molecule has 0 radical (unpaired) electrons. The Bertz CT molecular complexity index is 2580. The van der Waals surface area contributed by atoms with Crippen LogP contribution in [-0.2, 0) is 5.41 Å². The van der Waals surface area contributed by atoms with Gasteiger partial charge in [-0.05, 0) is 126 Å². The van der Waals surface area contributed by atoms with Crippen molar-refractivity contribution in [2.75, 3.05) is 0 Å². The second kappa shape index (κ2) is 21.5. The van der Waals surface area contributed by atoms with E-state index in [2.05, 4.69) is 232 Å². The second-order valence-corrected chi connectivity index (χ2v) is 18.4. The SMILES string of the molecule is CCCCCCCC1(CCCCCC)c2cc(-c3ccc(C=C(c4ccccc4)c4ccccc4)cc3)ccc2-c2ccc(-c3ccc(C=C(c4ccccc4)c4ccccc4)cc3)cc21. The average molecular weight is 857 g/mol. The van der Waals surface area contributed by atoms with Crippen LogP contribution in [0.5, 0.6) is 0 Å². The molecule has 0 saturated carbocycles. The predicted octanol–water partition coefficient (Wildman–Crippen LogP) is 18.8. The van der Waals surface area contributed by atoms with E-state index in [0.29, 0.717) is 0 Å². The fourth-order valence-electron chi connectivity index (χ4n) is 10.4. The molecule has 66 heavy (non-hydrogen) atoms. The van der Waals surface area contributed by atoms with Gasteiger partial charge in [0.25, 0.3) is 0 Å². The molecule has 0 aliphatic heterocycles. The second-order valence-electron chi connectivity index (χ2n) is 18.4. The van der Waals surface area contributed by atoms with Gasteiger partial charge in [-0.25, -0.2) is 0 Å². The van der Waals surface area contributed by atoms with Gasteiger partial charge in [-0.1, -0.05) is 266 Å². The predicted molar refractivity (Wildman–Crippen MR) is 285 cm³/mol. The van der Waals surface area contributed by atoms with Gasteiger partial charge < -0.3 is 0 Å². The van der Waals surface area contributed by atoms with Crippen LogP contribution in [0.15, 0.2) is 206 Å². The Morgan fingerprint density at radius 1 is 0.333 bits per heavy atom. The minimum atomic E-state index is -0.0253. The van der Waals surface area contributed by atoms with Crippen LogP contribution in [0, 0.1) is 0 Å². The summed E-state index contributed by atoms with van der Waals surface area (Å²) < 4.78 is 0. The molecular formula is C66H64. The first-order chi connectivity index (χ1) is 32.6. The molecule has 0 N–H and O–H groups in total.